The van der Waals surface area contributed by atoms with Crippen LogP contribution in [0, 0.1) is 22.2 Å². The van der Waals surface area contributed by atoms with Gasteiger partial charge in [0.05, 0.1) is 16.9 Å². The number of carbonyl (C=O) groups excluding carboxylic acids is 2. The molecule has 1 heterocycles. The van der Waals surface area contributed by atoms with E-state index in [1.165, 1.54) is 0 Å². The first-order valence-electron chi connectivity index (χ1n) is 10.3. The van der Waals surface area contributed by atoms with E-state index in [4.69, 9.17) is 4.74 Å². The highest BCUT2D eigenvalue weighted by molar-refractivity contribution is 5.86. The summed E-state index contributed by atoms with van der Waals surface area (Å²) in [6.45, 7) is 10.7. The Morgan fingerprint density at radius 3 is 2.35 bits per heavy atom. The largest absolute Gasteiger partial charge is 0.377 e. The van der Waals surface area contributed by atoms with Gasteiger partial charge in [-0.2, -0.15) is 0 Å². The summed E-state index contributed by atoms with van der Waals surface area (Å²) in [5, 5.41) is 3.07. The fourth-order valence-corrected chi connectivity index (χ4v) is 4.99. The Labute approximate surface area is 158 Å². The maximum Gasteiger partial charge on any atom is 0.228 e. The van der Waals surface area contributed by atoms with E-state index in [1.807, 2.05) is 11.9 Å². The van der Waals surface area contributed by atoms with Crippen LogP contribution in [-0.2, 0) is 14.3 Å². The second kappa shape index (κ2) is 6.81. The van der Waals surface area contributed by atoms with Crippen molar-refractivity contribution in [2.75, 3.05) is 26.7 Å². The molecule has 1 N–H and O–H groups in total. The van der Waals surface area contributed by atoms with Gasteiger partial charge in [-0.05, 0) is 49.9 Å². The number of hydrogen-bond donors (Lipinski definition) is 1. The third-order valence-corrected chi connectivity index (χ3v) is 8.07. The van der Waals surface area contributed by atoms with Gasteiger partial charge in [0.15, 0.2) is 0 Å². The lowest BCUT2D eigenvalue weighted by Crippen LogP contribution is -2.49. The number of amides is 2. The average molecular weight is 365 g/mol. The zero-order valence-corrected chi connectivity index (χ0v) is 17.2. The lowest BCUT2D eigenvalue weighted by Gasteiger charge is -2.41. The van der Waals surface area contributed by atoms with Crippen LogP contribution in [-0.4, -0.2) is 49.6 Å². The SMILES string of the molecule is C[C@H]1CC[C@@](C)(C(=O)N(C)CCNC(=O)C2(C3CCCO3)CC2)C1(C)C. The molecule has 0 radical (unpaired) electrons. The Hall–Kier alpha value is -1.10. The molecule has 3 fully saturated rings. The van der Waals surface area contributed by atoms with E-state index in [0.29, 0.717) is 19.0 Å². The van der Waals surface area contributed by atoms with E-state index < -0.39 is 0 Å². The lowest BCUT2D eigenvalue weighted by molar-refractivity contribution is -0.146. The fourth-order valence-electron chi connectivity index (χ4n) is 4.99. The first-order chi connectivity index (χ1) is 12.1. The number of nitrogens with zero attached hydrogens (tertiary/aromatic N) is 1. The number of nitrogens with one attached hydrogen (secondary N) is 1. The second-order valence-electron chi connectivity index (χ2n) is 9.63. The van der Waals surface area contributed by atoms with E-state index in [-0.39, 0.29) is 34.2 Å². The average Bonchev–Trinajstić information content (AvgIpc) is 3.17. The molecule has 26 heavy (non-hydrogen) atoms. The molecule has 3 rings (SSSR count). The van der Waals surface area contributed by atoms with E-state index in [1.54, 1.807) is 0 Å². The maximum atomic E-state index is 13.1. The van der Waals surface area contributed by atoms with Crippen molar-refractivity contribution >= 4 is 11.8 Å². The molecule has 1 saturated heterocycles. The molecule has 1 unspecified atom stereocenters. The van der Waals surface area contributed by atoms with Crippen molar-refractivity contribution in [1.29, 1.82) is 0 Å². The molecule has 3 atom stereocenters. The van der Waals surface area contributed by atoms with Crippen molar-refractivity contribution in [3.63, 3.8) is 0 Å². The summed E-state index contributed by atoms with van der Waals surface area (Å²) >= 11 is 0. The quantitative estimate of drug-likeness (QED) is 0.788. The molecule has 0 aromatic heterocycles. The van der Waals surface area contributed by atoms with Gasteiger partial charge in [-0.1, -0.05) is 27.7 Å². The standard InChI is InChI=1S/C21H36N2O3/c1-15-8-9-20(4,19(15,2)3)18(25)23(5)13-12-22-17(24)21(10-11-21)16-7-6-14-26-16/h15-16H,6-14H2,1-5H3,(H,22,24)/t15-,16?,20-/m0/s1. The summed E-state index contributed by atoms with van der Waals surface area (Å²) in [6, 6.07) is 0. The predicted molar refractivity (Wildman–Crippen MR) is 102 cm³/mol. The Morgan fingerprint density at radius 2 is 1.85 bits per heavy atom. The normalized spacial score (nSPS) is 34.5. The van der Waals surface area contributed by atoms with Gasteiger partial charge in [-0.3, -0.25) is 9.59 Å². The van der Waals surface area contributed by atoms with E-state index in [2.05, 4.69) is 33.0 Å². The Balaban J connectivity index is 1.50. The van der Waals surface area contributed by atoms with Crippen molar-refractivity contribution in [2.24, 2.45) is 22.2 Å². The van der Waals surface area contributed by atoms with Crippen molar-refractivity contribution in [3.8, 4) is 0 Å². The van der Waals surface area contributed by atoms with Gasteiger partial charge in [-0.15, -0.1) is 0 Å². The number of hydrogen-bond acceptors (Lipinski definition) is 3. The van der Waals surface area contributed by atoms with Crippen LogP contribution in [0.2, 0.25) is 0 Å². The Bertz CT molecular complexity index is 564. The number of ether oxygens (including phenoxy) is 1. The number of likely N-dealkylation sites (N-methyl/N-ethyl adjacent to an activating group) is 1. The van der Waals surface area contributed by atoms with Crippen molar-refractivity contribution in [1.82, 2.24) is 10.2 Å². The van der Waals surface area contributed by atoms with Crippen molar-refractivity contribution in [3.05, 3.63) is 0 Å². The molecule has 0 spiro atoms. The minimum absolute atomic E-state index is 0.000521. The zero-order valence-electron chi connectivity index (χ0n) is 17.2. The third kappa shape index (κ3) is 3.06. The molecule has 2 amide bonds. The second-order valence-corrected chi connectivity index (χ2v) is 9.63. The monoisotopic (exact) mass is 364 g/mol. The maximum absolute atomic E-state index is 13.1. The molecule has 0 aromatic rings. The van der Waals surface area contributed by atoms with E-state index in [9.17, 15) is 9.59 Å². The van der Waals surface area contributed by atoms with Gasteiger partial charge in [0.1, 0.15) is 0 Å². The van der Waals surface area contributed by atoms with Crippen LogP contribution < -0.4 is 5.32 Å². The summed E-state index contributed by atoms with van der Waals surface area (Å²) in [6.07, 6.45) is 6.07. The van der Waals surface area contributed by atoms with Gasteiger partial charge in [0.25, 0.3) is 0 Å². The topological polar surface area (TPSA) is 58.6 Å². The summed E-state index contributed by atoms with van der Waals surface area (Å²) in [5.74, 6) is 0.873. The lowest BCUT2D eigenvalue weighted by atomic mass is 9.65. The molecular weight excluding hydrogens is 328 g/mol. The van der Waals surface area contributed by atoms with Gasteiger partial charge >= 0.3 is 0 Å². The molecule has 148 valence electrons. The minimum Gasteiger partial charge on any atom is -0.377 e. The molecule has 2 saturated carbocycles. The van der Waals surface area contributed by atoms with Crippen LogP contribution in [0.4, 0.5) is 0 Å². The highest BCUT2D eigenvalue weighted by Gasteiger charge is 2.57. The highest BCUT2D eigenvalue weighted by Crippen LogP contribution is 2.56. The van der Waals surface area contributed by atoms with Crippen molar-refractivity contribution < 1.29 is 14.3 Å². The van der Waals surface area contributed by atoms with Crippen LogP contribution in [0.3, 0.4) is 0 Å². The van der Waals surface area contributed by atoms with Gasteiger partial charge in [0.2, 0.25) is 11.8 Å². The fraction of sp³-hybridized carbons (Fsp3) is 0.905. The first kappa shape index (κ1) is 19.7. The van der Waals surface area contributed by atoms with Crippen molar-refractivity contribution in [2.45, 2.75) is 72.3 Å². The third-order valence-electron chi connectivity index (χ3n) is 8.07. The zero-order chi connectivity index (χ0) is 19.2. The van der Waals surface area contributed by atoms with E-state index >= 15 is 0 Å². The van der Waals surface area contributed by atoms with Gasteiger partial charge in [0, 0.05) is 26.7 Å². The molecule has 2 aliphatic carbocycles. The molecule has 5 nitrogen and oxygen atoms in total. The summed E-state index contributed by atoms with van der Waals surface area (Å²) in [5.41, 5.74) is -0.603. The first-order valence-corrected chi connectivity index (χ1v) is 10.3. The smallest absolute Gasteiger partial charge is 0.228 e. The van der Waals surface area contributed by atoms with Crippen LogP contribution in [0.25, 0.3) is 0 Å². The molecule has 0 bridgehead atoms. The highest BCUT2D eigenvalue weighted by atomic mass is 16.5. The molecular formula is C21H36N2O3. The predicted octanol–water partition coefficient (Wildman–Crippen LogP) is 2.98. The Morgan fingerprint density at radius 1 is 1.15 bits per heavy atom. The molecule has 3 aliphatic rings. The summed E-state index contributed by atoms with van der Waals surface area (Å²) in [7, 11) is 1.87. The van der Waals surface area contributed by atoms with Crippen LogP contribution in [0.5, 0.6) is 0 Å². The number of rotatable bonds is 6. The van der Waals surface area contributed by atoms with E-state index in [0.717, 1.165) is 45.1 Å². The summed E-state index contributed by atoms with van der Waals surface area (Å²) in [4.78, 5) is 27.6. The van der Waals surface area contributed by atoms with Gasteiger partial charge in [-0.25, -0.2) is 0 Å². The van der Waals surface area contributed by atoms with Crippen LogP contribution in [0.1, 0.15) is 66.2 Å². The molecule has 0 aromatic carbocycles. The molecule has 1 aliphatic heterocycles. The Kier molecular flexibility index (Phi) is 5.15. The van der Waals surface area contributed by atoms with Crippen LogP contribution in [0.15, 0.2) is 0 Å². The minimum atomic E-state index is -0.319. The summed E-state index contributed by atoms with van der Waals surface area (Å²) < 4.78 is 5.76. The van der Waals surface area contributed by atoms with Crippen LogP contribution >= 0.6 is 0 Å². The molecule has 5 heteroatoms. The number of carbonyl (C=O) groups is 2. The van der Waals surface area contributed by atoms with Gasteiger partial charge < -0.3 is 15.0 Å².